The second kappa shape index (κ2) is 11.0. The van der Waals surface area contributed by atoms with E-state index in [4.69, 9.17) is 9.47 Å². The minimum Gasteiger partial charge on any atom is -0.430 e. The molecule has 3 fully saturated rings. The average molecular weight is 525 g/mol. The van der Waals surface area contributed by atoms with E-state index >= 15 is 0 Å². The molecule has 0 bridgehead atoms. The van der Waals surface area contributed by atoms with Gasteiger partial charge < -0.3 is 9.47 Å². The van der Waals surface area contributed by atoms with E-state index in [1.807, 2.05) is 0 Å². The molecule has 38 heavy (non-hydrogen) atoms. The molecule has 0 radical (unpaired) electrons. The van der Waals surface area contributed by atoms with Crippen LogP contribution < -0.4 is 4.74 Å². The van der Waals surface area contributed by atoms with Crippen LogP contribution in [0.25, 0.3) is 0 Å². The highest BCUT2D eigenvalue weighted by molar-refractivity contribution is 5.64. The molecule has 0 heterocycles. The van der Waals surface area contributed by atoms with Crippen molar-refractivity contribution >= 4 is 6.16 Å². The second-order valence-corrected chi connectivity index (χ2v) is 14.1. The number of hydrogen-bond acceptors (Lipinski definition) is 3. The van der Waals surface area contributed by atoms with Crippen molar-refractivity contribution in [2.75, 3.05) is 0 Å². The summed E-state index contributed by atoms with van der Waals surface area (Å²) in [7, 11) is 0. The van der Waals surface area contributed by atoms with Gasteiger partial charge in [-0.15, -0.1) is 0 Å². The second-order valence-electron chi connectivity index (χ2n) is 14.1. The van der Waals surface area contributed by atoms with Crippen molar-refractivity contribution in [1.29, 1.82) is 0 Å². The van der Waals surface area contributed by atoms with Gasteiger partial charge >= 0.3 is 6.16 Å². The first-order chi connectivity index (χ1) is 18.1. The number of rotatable bonds is 7. The van der Waals surface area contributed by atoms with Crippen molar-refractivity contribution in [3.63, 3.8) is 0 Å². The van der Waals surface area contributed by atoms with Gasteiger partial charge in [0.15, 0.2) is 0 Å². The first-order valence-corrected chi connectivity index (χ1v) is 15.4. The Hall–Kier alpha value is -1.84. The van der Waals surface area contributed by atoms with E-state index in [9.17, 15) is 9.18 Å². The van der Waals surface area contributed by atoms with Gasteiger partial charge in [0.1, 0.15) is 17.7 Å². The van der Waals surface area contributed by atoms with Crippen LogP contribution >= 0.6 is 0 Å². The van der Waals surface area contributed by atoms with Crippen LogP contribution in [0.5, 0.6) is 5.75 Å². The molecule has 0 spiro atoms. The highest BCUT2D eigenvalue weighted by atomic mass is 19.1. The topological polar surface area (TPSA) is 35.5 Å². The highest BCUT2D eigenvalue weighted by Crippen LogP contribution is 2.67. The molecule has 1 aromatic carbocycles. The van der Waals surface area contributed by atoms with Gasteiger partial charge in [-0.1, -0.05) is 65.5 Å². The van der Waals surface area contributed by atoms with Crippen LogP contribution in [-0.2, 0) is 4.74 Å². The van der Waals surface area contributed by atoms with Crippen molar-refractivity contribution < 1.29 is 18.7 Å². The molecule has 0 aliphatic heterocycles. The lowest BCUT2D eigenvalue weighted by molar-refractivity contribution is -0.0597. The van der Waals surface area contributed by atoms with Crippen molar-refractivity contribution in [2.45, 2.75) is 111 Å². The Labute approximate surface area is 229 Å². The van der Waals surface area contributed by atoms with E-state index in [1.54, 1.807) is 0 Å². The largest absolute Gasteiger partial charge is 0.514 e. The quantitative estimate of drug-likeness (QED) is 0.202. The van der Waals surface area contributed by atoms with E-state index in [0.717, 1.165) is 54.8 Å². The van der Waals surface area contributed by atoms with Crippen molar-refractivity contribution in [2.24, 2.45) is 46.3 Å². The number of allylic oxidation sites excluding steroid dienone is 1. The van der Waals surface area contributed by atoms with Crippen molar-refractivity contribution in [3.8, 4) is 5.75 Å². The molecule has 210 valence electrons. The molecule has 0 saturated heterocycles. The molecule has 3 nitrogen and oxygen atoms in total. The van der Waals surface area contributed by atoms with Gasteiger partial charge in [-0.2, -0.15) is 0 Å². The van der Waals surface area contributed by atoms with Gasteiger partial charge in [0.25, 0.3) is 0 Å². The lowest BCUT2D eigenvalue weighted by atomic mass is 9.47. The molecule has 0 N–H and O–H groups in total. The van der Waals surface area contributed by atoms with Crippen molar-refractivity contribution in [1.82, 2.24) is 0 Å². The maximum atomic E-state index is 13.1. The number of carbonyl (C=O) groups is 1. The number of halogens is 1. The number of benzene rings is 1. The molecular formula is C34H49FO3. The van der Waals surface area contributed by atoms with Crippen LogP contribution in [0.3, 0.4) is 0 Å². The van der Waals surface area contributed by atoms with Gasteiger partial charge in [0.05, 0.1) is 0 Å². The fraction of sp³-hybridized carbons (Fsp3) is 0.735. The van der Waals surface area contributed by atoms with Gasteiger partial charge in [0.2, 0.25) is 0 Å². The monoisotopic (exact) mass is 524 g/mol. The standard InChI is InChI=1S/C34H49FO3/c1-22(2)7-6-8-23(3)29-15-16-30-28-14-9-24-21-27(38-32(36)37-26-12-10-25(35)11-13-26)17-19-33(24,4)31(28)18-20-34(29,30)5/h9-13,22-23,27-31H,6-8,14-21H2,1-5H3/t23-,27-,28+,29-,30-,31+,33-,34+/m0/s1. The molecule has 5 rings (SSSR count). The first kappa shape index (κ1) is 27.7. The molecule has 0 unspecified atom stereocenters. The van der Waals surface area contributed by atoms with Crippen LogP contribution in [-0.4, -0.2) is 12.3 Å². The lowest BCUT2D eigenvalue weighted by Crippen LogP contribution is -2.51. The Morgan fingerprint density at radius 3 is 2.50 bits per heavy atom. The third kappa shape index (κ3) is 5.30. The molecule has 0 amide bonds. The summed E-state index contributed by atoms with van der Waals surface area (Å²) in [5.74, 6) is 4.91. The van der Waals surface area contributed by atoms with E-state index in [-0.39, 0.29) is 17.3 Å². The Morgan fingerprint density at radius 1 is 1.00 bits per heavy atom. The van der Waals surface area contributed by atoms with E-state index in [1.165, 1.54) is 81.2 Å². The van der Waals surface area contributed by atoms with Crippen LogP contribution in [0.1, 0.15) is 105 Å². The fourth-order valence-corrected chi connectivity index (χ4v) is 9.51. The van der Waals surface area contributed by atoms with E-state index in [2.05, 4.69) is 40.7 Å². The van der Waals surface area contributed by atoms with Gasteiger partial charge in [-0.05, 0) is 116 Å². The maximum absolute atomic E-state index is 13.1. The summed E-state index contributed by atoms with van der Waals surface area (Å²) in [5.41, 5.74) is 2.24. The van der Waals surface area contributed by atoms with E-state index < -0.39 is 6.16 Å². The SMILES string of the molecule is CC(C)CCC[C@H](C)[C@@H]1CC[C@H]2[C@H]3CC=C4C[C@@H](OC(=O)Oc5ccc(F)cc5)CC[C@]4(C)[C@@H]3CC[C@@]21C. The molecule has 0 aromatic heterocycles. The summed E-state index contributed by atoms with van der Waals surface area (Å²) < 4.78 is 24.2. The van der Waals surface area contributed by atoms with Gasteiger partial charge in [-0.25, -0.2) is 9.18 Å². The van der Waals surface area contributed by atoms with E-state index in [0.29, 0.717) is 11.2 Å². The Bertz CT molecular complexity index is 1020. The summed E-state index contributed by atoms with van der Waals surface area (Å²) in [6.07, 6.45) is 15.4. The molecule has 4 aliphatic rings. The fourth-order valence-electron chi connectivity index (χ4n) is 9.51. The van der Waals surface area contributed by atoms with Crippen LogP contribution in [0, 0.1) is 52.2 Å². The normalized spacial score (nSPS) is 37.0. The maximum Gasteiger partial charge on any atom is 0.514 e. The Balaban J connectivity index is 1.21. The van der Waals surface area contributed by atoms with Crippen molar-refractivity contribution in [3.05, 3.63) is 41.7 Å². The molecule has 4 heteroatoms. The number of fused-ring (bicyclic) bond motifs is 5. The molecule has 8 atom stereocenters. The summed E-state index contributed by atoms with van der Waals surface area (Å²) in [6, 6.07) is 5.48. The average Bonchev–Trinajstić information content (AvgIpc) is 3.23. The lowest BCUT2D eigenvalue weighted by Gasteiger charge is -2.58. The third-order valence-electron chi connectivity index (χ3n) is 11.5. The van der Waals surface area contributed by atoms with Gasteiger partial charge in [0, 0.05) is 6.42 Å². The molecule has 3 saturated carbocycles. The zero-order valence-corrected chi connectivity index (χ0v) is 24.3. The minimum atomic E-state index is -0.688. The van der Waals surface area contributed by atoms with Crippen LogP contribution in [0.2, 0.25) is 0 Å². The highest BCUT2D eigenvalue weighted by Gasteiger charge is 2.59. The summed E-state index contributed by atoms with van der Waals surface area (Å²) in [5, 5.41) is 0. The summed E-state index contributed by atoms with van der Waals surface area (Å²) in [6.45, 7) is 12.4. The molecule has 1 aromatic rings. The smallest absolute Gasteiger partial charge is 0.430 e. The summed E-state index contributed by atoms with van der Waals surface area (Å²) >= 11 is 0. The Morgan fingerprint density at radius 2 is 1.76 bits per heavy atom. The Kier molecular flexibility index (Phi) is 8.00. The zero-order valence-electron chi connectivity index (χ0n) is 24.3. The van der Waals surface area contributed by atoms with Gasteiger partial charge in [-0.3, -0.25) is 0 Å². The molecule has 4 aliphatic carbocycles. The zero-order chi connectivity index (χ0) is 27.1. The number of ether oxygens (including phenoxy) is 2. The predicted molar refractivity (Wildman–Crippen MR) is 150 cm³/mol. The number of hydrogen-bond donors (Lipinski definition) is 0. The number of carbonyl (C=O) groups excluding carboxylic acids is 1. The minimum absolute atomic E-state index is 0.143. The van der Waals surface area contributed by atoms with Crippen LogP contribution in [0.4, 0.5) is 9.18 Å². The molecular weight excluding hydrogens is 475 g/mol. The van der Waals surface area contributed by atoms with Crippen LogP contribution in [0.15, 0.2) is 35.9 Å². The third-order valence-corrected chi connectivity index (χ3v) is 11.5. The summed E-state index contributed by atoms with van der Waals surface area (Å²) in [4.78, 5) is 12.4. The predicted octanol–water partition coefficient (Wildman–Crippen LogP) is 9.75. The first-order valence-electron chi connectivity index (χ1n) is 15.4.